The second-order valence-electron chi connectivity index (χ2n) is 7.68. The molecule has 21 heavy (non-hydrogen) atoms. The summed E-state index contributed by atoms with van der Waals surface area (Å²) in [5.74, 6) is 1.91. The van der Waals surface area contributed by atoms with E-state index in [2.05, 4.69) is 70.9 Å². The van der Waals surface area contributed by atoms with Crippen LogP contribution < -0.4 is 10.1 Å². The molecule has 0 aromatic carbocycles. The standard InChI is InChI=1S/C18H32N2O/c1-13(2)10-19-11-15-8-16(18(5,6)7)20-17(9-15)21-12-14(3)4/h8-9,13-14,19H,10-12H2,1-7H3. The number of aromatic nitrogens is 1. The SMILES string of the molecule is CC(C)CNCc1cc(OCC(C)C)nc(C(C)(C)C)c1. The van der Waals surface area contributed by atoms with Crippen molar-refractivity contribution >= 4 is 0 Å². The Labute approximate surface area is 130 Å². The van der Waals surface area contributed by atoms with Crippen molar-refractivity contribution in [2.24, 2.45) is 11.8 Å². The van der Waals surface area contributed by atoms with E-state index >= 15 is 0 Å². The van der Waals surface area contributed by atoms with Crippen molar-refractivity contribution in [3.8, 4) is 5.88 Å². The molecule has 0 amide bonds. The third-order valence-electron chi connectivity index (χ3n) is 3.08. The second-order valence-corrected chi connectivity index (χ2v) is 7.68. The molecule has 0 saturated heterocycles. The largest absolute Gasteiger partial charge is 0.477 e. The van der Waals surface area contributed by atoms with E-state index in [1.807, 2.05) is 0 Å². The third kappa shape index (κ3) is 6.94. The van der Waals surface area contributed by atoms with Gasteiger partial charge in [-0.25, -0.2) is 4.98 Å². The highest BCUT2D eigenvalue weighted by Gasteiger charge is 2.17. The molecule has 1 N–H and O–H groups in total. The van der Waals surface area contributed by atoms with Crippen molar-refractivity contribution in [2.45, 2.75) is 60.4 Å². The molecule has 1 heterocycles. The fraction of sp³-hybridized carbons (Fsp3) is 0.722. The van der Waals surface area contributed by atoms with Crippen LogP contribution in [0.4, 0.5) is 0 Å². The average Bonchev–Trinajstić information content (AvgIpc) is 2.34. The number of nitrogens with one attached hydrogen (secondary N) is 1. The number of rotatable bonds is 7. The normalized spacial score (nSPS) is 12.2. The van der Waals surface area contributed by atoms with Crippen LogP contribution in [0.5, 0.6) is 5.88 Å². The van der Waals surface area contributed by atoms with Gasteiger partial charge in [0.15, 0.2) is 0 Å². The van der Waals surface area contributed by atoms with Crippen molar-refractivity contribution in [1.29, 1.82) is 0 Å². The molecule has 1 aromatic rings. The van der Waals surface area contributed by atoms with Crippen molar-refractivity contribution in [1.82, 2.24) is 10.3 Å². The van der Waals surface area contributed by atoms with Gasteiger partial charge in [0, 0.05) is 18.0 Å². The molecule has 0 aliphatic heterocycles. The number of pyridine rings is 1. The molecule has 0 radical (unpaired) electrons. The first-order valence-corrected chi connectivity index (χ1v) is 8.03. The van der Waals surface area contributed by atoms with Gasteiger partial charge in [-0.05, 0) is 30.0 Å². The summed E-state index contributed by atoms with van der Waals surface area (Å²) in [5.41, 5.74) is 2.36. The quantitative estimate of drug-likeness (QED) is 0.819. The Morgan fingerprint density at radius 1 is 1.10 bits per heavy atom. The van der Waals surface area contributed by atoms with E-state index in [1.54, 1.807) is 0 Å². The summed E-state index contributed by atoms with van der Waals surface area (Å²) >= 11 is 0. The highest BCUT2D eigenvalue weighted by atomic mass is 16.5. The lowest BCUT2D eigenvalue weighted by atomic mass is 9.91. The van der Waals surface area contributed by atoms with Gasteiger partial charge >= 0.3 is 0 Å². The van der Waals surface area contributed by atoms with Crippen LogP contribution in [-0.4, -0.2) is 18.1 Å². The first-order chi connectivity index (χ1) is 9.68. The van der Waals surface area contributed by atoms with E-state index in [4.69, 9.17) is 4.74 Å². The van der Waals surface area contributed by atoms with Crippen molar-refractivity contribution in [2.75, 3.05) is 13.2 Å². The van der Waals surface area contributed by atoms with Gasteiger partial charge in [0.1, 0.15) is 0 Å². The molecule has 3 nitrogen and oxygen atoms in total. The molecule has 0 saturated carbocycles. The lowest BCUT2D eigenvalue weighted by molar-refractivity contribution is 0.259. The second kappa shape index (κ2) is 7.79. The summed E-state index contributed by atoms with van der Waals surface area (Å²) in [6, 6.07) is 4.25. The fourth-order valence-corrected chi connectivity index (χ4v) is 1.88. The highest BCUT2D eigenvalue weighted by molar-refractivity contribution is 5.28. The first kappa shape index (κ1) is 18.0. The predicted octanol–water partition coefficient (Wildman–Crippen LogP) is 4.16. The summed E-state index contributed by atoms with van der Waals surface area (Å²) < 4.78 is 5.83. The summed E-state index contributed by atoms with van der Waals surface area (Å²) in [5, 5.41) is 3.49. The summed E-state index contributed by atoms with van der Waals surface area (Å²) in [4.78, 5) is 4.67. The zero-order valence-electron chi connectivity index (χ0n) is 14.8. The maximum atomic E-state index is 5.83. The number of ether oxygens (including phenoxy) is 1. The molecule has 0 aliphatic rings. The summed E-state index contributed by atoms with van der Waals surface area (Å²) in [6.45, 7) is 17.9. The van der Waals surface area contributed by atoms with E-state index < -0.39 is 0 Å². The molecule has 1 aromatic heterocycles. The Morgan fingerprint density at radius 3 is 2.29 bits per heavy atom. The zero-order chi connectivity index (χ0) is 16.0. The molecule has 120 valence electrons. The van der Waals surface area contributed by atoms with Crippen LogP contribution in [0.15, 0.2) is 12.1 Å². The Balaban J connectivity index is 2.87. The minimum Gasteiger partial charge on any atom is -0.477 e. The van der Waals surface area contributed by atoms with Gasteiger partial charge in [-0.15, -0.1) is 0 Å². The van der Waals surface area contributed by atoms with Crippen molar-refractivity contribution in [3.63, 3.8) is 0 Å². The molecule has 0 bridgehead atoms. The van der Waals surface area contributed by atoms with Gasteiger partial charge in [-0.2, -0.15) is 0 Å². The van der Waals surface area contributed by atoms with E-state index in [1.165, 1.54) is 5.56 Å². The number of nitrogens with zero attached hydrogens (tertiary/aromatic N) is 1. The smallest absolute Gasteiger partial charge is 0.213 e. The fourth-order valence-electron chi connectivity index (χ4n) is 1.88. The van der Waals surface area contributed by atoms with E-state index in [0.29, 0.717) is 18.4 Å². The van der Waals surface area contributed by atoms with Crippen LogP contribution in [0, 0.1) is 11.8 Å². The van der Waals surface area contributed by atoms with Gasteiger partial charge < -0.3 is 10.1 Å². The summed E-state index contributed by atoms with van der Waals surface area (Å²) in [7, 11) is 0. The van der Waals surface area contributed by atoms with Crippen LogP contribution in [0.2, 0.25) is 0 Å². The average molecular weight is 292 g/mol. The maximum absolute atomic E-state index is 5.83. The molecule has 0 spiro atoms. The van der Waals surface area contributed by atoms with Crippen LogP contribution in [-0.2, 0) is 12.0 Å². The minimum atomic E-state index is 0.0317. The minimum absolute atomic E-state index is 0.0317. The maximum Gasteiger partial charge on any atom is 0.213 e. The van der Waals surface area contributed by atoms with Crippen LogP contribution in [0.1, 0.15) is 59.7 Å². The predicted molar refractivity (Wildman–Crippen MR) is 89.8 cm³/mol. The molecule has 0 fully saturated rings. The topological polar surface area (TPSA) is 34.1 Å². The lowest BCUT2D eigenvalue weighted by Crippen LogP contribution is -2.21. The van der Waals surface area contributed by atoms with E-state index in [9.17, 15) is 0 Å². The van der Waals surface area contributed by atoms with Crippen molar-refractivity contribution < 1.29 is 4.74 Å². The molecule has 0 aliphatic carbocycles. The monoisotopic (exact) mass is 292 g/mol. The first-order valence-electron chi connectivity index (χ1n) is 8.03. The van der Waals surface area contributed by atoms with Crippen LogP contribution in [0.3, 0.4) is 0 Å². The Morgan fingerprint density at radius 2 is 1.76 bits per heavy atom. The van der Waals surface area contributed by atoms with Crippen molar-refractivity contribution in [3.05, 3.63) is 23.4 Å². The lowest BCUT2D eigenvalue weighted by Gasteiger charge is -2.20. The molecule has 0 unspecified atom stereocenters. The van der Waals surface area contributed by atoms with Gasteiger partial charge in [-0.3, -0.25) is 0 Å². The van der Waals surface area contributed by atoms with Gasteiger partial charge in [-0.1, -0.05) is 48.5 Å². The van der Waals surface area contributed by atoms with Gasteiger partial charge in [0.2, 0.25) is 5.88 Å². The molecule has 1 rings (SSSR count). The zero-order valence-corrected chi connectivity index (χ0v) is 14.8. The van der Waals surface area contributed by atoms with Gasteiger partial charge in [0.25, 0.3) is 0 Å². The molecular formula is C18H32N2O. The highest BCUT2D eigenvalue weighted by Crippen LogP contribution is 2.24. The Hall–Kier alpha value is -1.09. The van der Waals surface area contributed by atoms with E-state index in [-0.39, 0.29) is 5.41 Å². The van der Waals surface area contributed by atoms with E-state index in [0.717, 1.165) is 24.7 Å². The molecule has 3 heteroatoms. The molecular weight excluding hydrogens is 260 g/mol. The third-order valence-corrected chi connectivity index (χ3v) is 3.08. The number of hydrogen-bond acceptors (Lipinski definition) is 3. The summed E-state index contributed by atoms with van der Waals surface area (Å²) in [6.07, 6.45) is 0. The number of hydrogen-bond donors (Lipinski definition) is 1. The van der Waals surface area contributed by atoms with Crippen LogP contribution >= 0.6 is 0 Å². The van der Waals surface area contributed by atoms with Gasteiger partial charge in [0.05, 0.1) is 12.3 Å². The Kier molecular flexibility index (Phi) is 6.66. The Bertz CT molecular complexity index is 433. The van der Waals surface area contributed by atoms with Crippen LogP contribution in [0.25, 0.3) is 0 Å². The molecule has 0 atom stereocenters.